The third-order valence-corrected chi connectivity index (χ3v) is 6.98. The zero-order valence-corrected chi connectivity index (χ0v) is 17.2. The van der Waals surface area contributed by atoms with E-state index in [-0.39, 0.29) is 29.5 Å². The van der Waals surface area contributed by atoms with Crippen LogP contribution in [0.4, 0.5) is 4.79 Å². The normalized spacial score (nSPS) is 41.3. The van der Waals surface area contributed by atoms with Crippen molar-refractivity contribution in [3.63, 3.8) is 0 Å². The number of ether oxygens (including phenoxy) is 3. The Kier molecular flexibility index (Phi) is 5.02. The molecule has 1 aliphatic carbocycles. The summed E-state index contributed by atoms with van der Waals surface area (Å²) in [6.45, 7) is 10.6. The lowest BCUT2D eigenvalue weighted by Crippen LogP contribution is -2.49. The van der Waals surface area contributed by atoms with E-state index in [1.54, 1.807) is 0 Å². The monoisotopic (exact) mass is 378 g/mol. The van der Waals surface area contributed by atoms with Crippen LogP contribution in [-0.2, 0) is 14.2 Å². The molecule has 4 rings (SSSR count). The van der Waals surface area contributed by atoms with E-state index >= 15 is 0 Å². The quantitative estimate of drug-likeness (QED) is 0.556. The fourth-order valence-corrected chi connectivity index (χ4v) is 4.89. The highest BCUT2D eigenvalue weighted by Crippen LogP contribution is 2.59. The number of amides is 1. The van der Waals surface area contributed by atoms with E-state index in [0.29, 0.717) is 5.92 Å². The van der Waals surface area contributed by atoms with Crippen LogP contribution in [0.15, 0.2) is 11.6 Å². The molecule has 0 N–H and O–H groups in total. The Morgan fingerprint density at radius 1 is 1.26 bits per heavy atom. The number of allylic oxidation sites excluding steroid dienone is 1. The van der Waals surface area contributed by atoms with Gasteiger partial charge >= 0.3 is 6.09 Å². The first-order chi connectivity index (χ1) is 12.8. The SMILES string of the molecule is CC(C)=CC[C@H]1O[C@]1(C)[C@H]1C[C@H](OC(=O)N2CCN(C)CC2)CC[C@]12CO2. The van der Waals surface area contributed by atoms with Gasteiger partial charge < -0.3 is 24.0 Å². The Hall–Kier alpha value is -1.11. The van der Waals surface area contributed by atoms with Gasteiger partial charge in [-0.05, 0) is 53.5 Å². The number of carbonyl (C=O) groups excluding carboxylic acids is 1. The molecule has 3 aliphatic heterocycles. The summed E-state index contributed by atoms with van der Waals surface area (Å²) in [4.78, 5) is 16.7. The molecule has 0 radical (unpaired) electrons. The zero-order chi connectivity index (χ0) is 19.2. The van der Waals surface area contributed by atoms with Crippen LogP contribution >= 0.6 is 0 Å². The molecule has 0 aromatic rings. The Labute approximate surface area is 162 Å². The molecule has 1 amide bonds. The summed E-state index contributed by atoms with van der Waals surface area (Å²) in [7, 11) is 2.09. The van der Waals surface area contributed by atoms with Crippen molar-refractivity contribution in [3.05, 3.63) is 11.6 Å². The van der Waals surface area contributed by atoms with Crippen molar-refractivity contribution >= 4 is 6.09 Å². The smallest absolute Gasteiger partial charge is 0.410 e. The van der Waals surface area contributed by atoms with E-state index in [0.717, 1.165) is 58.5 Å². The molecule has 3 heterocycles. The van der Waals surface area contributed by atoms with E-state index in [1.807, 2.05) is 4.90 Å². The fraction of sp³-hybridized carbons (Fsp3) is 0.857. The molecule has 0 bridgehead atoms. The van der Waals surface area contributed by atoms with E-state index in [4.69, 9.17) is 14.2 Å². The molecule has 6 nitrogen and oxygen atoms in total. The van der Waals surface area contributed by atoms with Gasteiger partial charge in [-0.15, -0.1) is 0 Å². The molecular weight excluding hydrogens is 344 g/mol. The highest BCUT2D eigenvalue weighted by atomic mass is 16.6. The van der Waals surface area contributed by atoms with E-state index < -0.39 is 0 Å². The van der Waals surface area contributed by atoms with Crippen molar-refractivity contribution < 1.29 is 19.0 Å². The maximum Gasteiger partial charge on any atom is 0.410 e. The van der Waals surface area contributed by atoms with Gasteiger partial charge in [0.05, 0.1) is 23.9 Å². The molecule has 0 unspecified atom stereocenters. The summed E-state index contributed by atoms with van der Waals surface area (Å²) < 4.78 is 18.0. The lowest BCUT2D eigenvalue weighted by atomic mass is 9.70. The molecule has 152 valence electrons. The molecule has 1 saturated carbocycles. The van der Waals surface area contributed by atoms with Gasteiger partial charge in [0.25, 0.3) is 0 Å². The van der Waals surface area contributed by atoms with Gasteiger partial charge in [0.15, 0.2) is 0 Å². The van der Waals surface area contributed by atoms with Crippen LogP contribution in [0.3, 0.4) is 0 Å². The highest BCUT2D eigenvalue weighted by molar-refractivity contribution is 5.68. The van der Waals surface area contributed by atoms with Gasteiger partial charge in [-0.1, -0.05) is 11.6 Å². The lowest BCUT2D eigenvalue weighted by molar-refractivity contribution is -0.0130. The molecule has 3 saturated heterocycles. The summed E-state index contributed by atoms with van der Waals surface area (Å²) in [6.07, 6.45) is 6.00. The van der Waals surface area contributed by atoms with Gasteiger partial charge in [-0.2, -0.15) is 0 Å². The average Bonchev–Trinajstić information content (AvgIpc) is 3.54. The minimum Gasteiger partial charge on any atom is -0.446 e. The molecular formula is C21H34N2O4. The van der Waals surface area contributed by atoms with Gasteiger partial charge in [0, 0.05) is 32.1 Å². The maximum atomic E-state index is 12.6. The maximum absolute atomic E-state index is 12.6. The third-order valence-electron chi connectivity index (χ3n) is 6.98. The lowest BCUT2D eigenvalue weighted by Gasteiger charge is -2.38. The molecule has 4 fully saturated rings. The van der Waals surface area contributed by atoms with Crippen molar-refractivity contribution in [1.82, 2.24) is 9.80 Å². The standard InChI is InChI=1S/C21H34N2O4/c1-15(2)5-6-18-20(3,27-18)17-13-16(7-8-21(17)14-25-21)26-19(24)23-11-9-22(4)10-12-23/h5,16-18H,6-14H2,1-4H3/t16-,17-,18-,20-,21+/m1/s1. The summed E-state index contributed by atoms with van der Waals surface area (Å²) in [5, 5.41) is 0. The second kappa shape index (κ2) is 7.05. The number of nitrogens with zero attached hydrogens (tertiary/aromatic N) is 2. The average molecular weight is 379 g/mol. The zero-order valence-electron chi connectivity index (χ0n) is 17.2. The fourth-order valence-electron chi connectivity index (χ4n) is 4.89. The molecule has 4 aliphatic rings. The predicted octanol–water partition coefficient (Wildman–Crippen LogP) is 2.82. The second-order valence-electron chi connectivity index (χ2n) is 9.28. The second-order valence-corrected chi connectivity index (χ2v) is 9.28. The summed E-state index contributed by atoms with van der Waals surface area (Å²) >= 11 is 0. The Morgan fingerprint density at radius 2 is 1.96 bits per heavy atom. The summed E-state index contributed by atoms with van der Waals surface area (Å²) in [6, 6.07) is 0. The molecule has 5 atom stereocenters. The van der Waals surface area contributed by atoms with Crippen LogP contribution in [0.5, 0.6) is 0 Å². The number of piperazine rings is 1. The summed E-state index contributed by atoms with van der Waals surface area (Å²) in [5.41, 5.74) is 1.14. The largest absolute Gasteiger partial charge is 0.446 e. The van der Waals surface area contributed by atoms with Crippen LogP contribution in [0.1, 0.15) is 46.5 Å². The number of carbonyl (C=O) groups is 1. The van der Waals surface area contributed by atoms with Crippen LogP contribution in [0, 0.1) is 5.92 Å². The van der Waals surface area contributed by atoms with E-state index in [1.165, 1.54) is 5.57 Å². The van der Waals surface area contributed by atoms with Crippen molar-refractivity contribution in [2.24, 2.45) is 5.92 Å². The molecule has 27 heavy (non-hydrogen) atoms. The van der Waals surface area contributed by atoms with Crippen LogP contribution in [0.2, 0.25) is 0 Å². The van der Waals surface area contributed by atoms with Crippen molar-refractivity contribution in [2.75, 3.05) is 39.8 Å². The molecule has 1 spiro atoms. The van der Waals surface area contributed by atoms with Crippen LogP contribution in [-0.4, -0.2) is 79.1 Å². The third kappa shape index (κ3) is 3.89. The van der Waals surface area contributed by atoms with Gasteiger partial charge in [-0.25, -0.2) is 4.79 Å². The first-order valence-electron chi connectivity index (χ1n) is 10.4. The minimum atomic E-state index is -0.151. The Morgan fingerprint density at radius 3 is 2.59 bits per heavy atom. The van der Waals surface area contributed by atoms with Crippen molar-refractivity contribution in [1.29, 1.82) is 0 Å². The predicted molar refractivity (Wildman–Crippen MR) is 103 cm³/mol. The number of hydrogen-bond donors (Lipinski definition) is 0. The van der Waals surface area contributed by atoms with Crippen molar-refractivity contribution in [2.45, 2.75) is 69.9 Å². The Balaban J connectivity index is 1.36. The van der Waals surface area contributed by atoms with E-state index in [2.05, 4.69) is 38.8 Å². The van der Waals surface area contributed by atoms with Gasteiger partial charge in [-0.3, -0.25) is 0 Å². The number of hydrogen-bond acceptors (Lipinski definition) is 5. The number of likely N-dealkylation sites (N-methyl/N-ethyl adjacent to an activating group) is 1. The number of epoxide rings is 2. The molecule has 0 aromatic heterocycles. The van der Waals surface area contributed by atoms with Gasteiger partial charge in [0.1, 0.15) is 6.10 Å². The highest BCUT2D eigenvalue weighted by Gasteiger charge is 2.68. The summed E-state index contributed by atoms with van der Waals surface area (Å²) in [5.74, 6) is 0.305. The first kappa shape index (κ1) is 19.2. The topological polar surface area (TPSA) is 57.8 Å². The minimum absolute atomic E-state index is 0.0258. The molecule has 0 aromatic carbocycles. The number of rotatable bonds is 4. The van der Waals surface area contributed by atoms with Crippen LogP contribution < -0.4 is 0 Å². The van der Waals surface area contributed by atoms with Crippen LogP contribution in [0.25, 0.3) is 0 Å². The first-order valence-corrected chi connectivity index (χ1v) is 10.4. The van der Waals surface area contributed by atoms with Gasteiger partial charge in [0.2, 0.25) is 0 Å². The van der Waals surface area contributed by atoms with E-state index in [9.17, 15) is 4.79 Å². The Bertz CT molecular complexity index is 605. The molecule has 6 heteroatoms. The van der Waals surface area contributed by atoms with Crippen molar-refractivity contribution in [3.8, 4) is 0 Å².